The number of rotatable bonds is 88. The smallest absolute Gasteiger partial charge is 0.463 e. The highest BCUT2D eigenvalue weighted by Crippen LogP contribution is 2.45. The van der Waals surface area contributed by atoms with Crippen LogP contribution in [-0.4, -0.2) is 95.9 Å². The van der Waals surface area contributed by atoms with Crippen LogP contribution < -0.4 is 0 Å². The highest BCUT2D eigenvalue weighted by atomic mass is 31.2. The molecule has 0 amide bonds. The van der Waals surface area contributed by atoms with E-state index in [9.17, 15) is 43.5 Å². The van der Waals surface area contributed by atoms with E-state index in [-0.39, 0.29) is 19.3 Å². The minimum Gasteiger partial charge on any atom is -0.463 e. The molecule has 0 aliphatic rings. The molecule has 0 spiro atoms. The van der Waals surface area contributed by atoms with Gasteiger partial charge in [-0.3, -0.25) is 32.5 Å². The van der Waals surface area contributed by atoms with Crippen molar-refractivity contribution in [1.29, 1.82) is 0 Å². The number of allylic oxidation sites excluding steroid dienone is 22. The summed E-state index contributed by atoms with van der Waals surface area (Å²) in [5.41, 5.74) is 0. The molecule has 0 bridgehead atoms. The Morgan fingerprint density at radius 3 is 0.730 bits per heavy atom. The summed E-state index contributed by atoms with van der Waals surface area (Å²) < 4.78 is 61.4. The van der Waals surface area contributed by atoms with Gasteiger partial charge in [0.05, 0.1) is 26.4 Å². The van der Waals surface area contributed by atoms with Crippen molar-refractivity contribution in [3.8, 4) is 0 Å². The number of carbonyl (C=O) groups is 3. The van der Waals surface area contributed by atoms with E-state index in [1.165, 1.54) is 199 Å². The van der Waals surface area contributed by atoms with Crippen molar-refractivity contribution >= 4 is 33.6 Å². The minimum absolute atomic E-state index is 0.108. The Kier molecular flexibility index (Phi) is 85.6. The Morgan fingerprint density at radius 1 is 0.252 bits per heavy atom. The van der Waals surface area contributed by atoms with Gasteiger partial charge in [0.25, 0.3) is 0 Å². The molecule has 0 rings (SSSR count). The molecule has 0 heterocycles. The van der Waals surface area contributed by atoms with Crippen molar-refractivity contribution in [1.82, 2.24) is 0 Å². The van der Waals surface area contributed by atoms with Crippen LogP contribution in [0.15, 0.2) is 134 Å². The lowest BCUT2D eigenvalue weighted by molar-refractivity contribution is -0.161. The number of ether oxygens (including phenoxy) is 3. The fraction of sp³-hybridized carbons (Fsp3) is 0.742. The summed E-state index contributed by atoms with van der Waals surface area (Å²) in [6, 6.07) is 0. The van der Waals surface area contributed by atoms with E-state index in [4.69, 9.17) is 32.3 Å². The Labute approximate surface area is 703 Å². The van der Waals surface area contributed by atoms with E-state index >= 15 is 0 Å². The molecular weight excluding hydrogens is 1480 g/mol. The first-order valence-electron chi connectivity index (χ1n) is 46.5. The van der Waals surface area contributed by atoms with Gasteiger partial charge >= 0.3 is 33.6 Å². The van der Waals surface area contributed by atoms with Gasteiger partial charge in [-0.1, -0.05) is 405 Å². The van der Waals surface area contributed by atoms with Crippen LogP contribution in [0.5, 0.6) is 0 Å². The third-order valence-electron chi connectivity index (χ3n) is 19.9. The molecule has 0 saturated heterocycles. The zero-order valence-corrected chi connectivity index (χ0v) is 75.0. The summed E-state index contributed by atoms with van der Waals surface area (Å²) in [6.45, 7) is 2.53. The van der Waals surface area contributed by atoms with Crippen molar-refractivity contribution in [2.75, 3.05) is 39.6 Å². The van der Waals surface area contributed by atoms with Crippen LogP contribution in [-0.2, 0) is 55.8 Å². The summed E-state index contributed by atoms with van der Waals surface area (Å²) in [7, 11) is -9.79. The zero-order chi connectivity index (χ0) is 83.6. The maximum Gasteiger partial charge on any atom is 0.472 e. The Bertz CT molecular complexity index is 2620. The molecule has 5 unspecified atom stereocenters. The van der Waals surface area contributed by atoms with E-state index in [0.29, 0.717) is 19.3 Å². The fourth-order valence-electron chi connectivity index (χ4n) is 12.9. The molecule has 0 aliphatic heterocycles. The highest BCUT2D eigenvalue weighted by Gasteiger charge is 2.29. The summed E-state index contributed by atoms with van der Waals surface area (Å²) in [4.78, 5) is 58.9. The first kappa shape index (κ1) is 111. The Balaban J connectivity index is 4.44. The summed E-state index contributed by atoms with van der Waals surface area (Å²) in [5.74, 6) is -1.56. The second kappa shape index (κ2) is 89.0. The number of hydrogen-bond donors (Lipinski definition) is 4. The molecule has 5 atom stereocenters. The Morgan fingerprint density at radius 2 is 0.461 bits per heavy atom. The molecular formula is C97H170O16P2. The lowest BCUT2D eigenvalue weighted by atomic mass is 10.0. The van der Waals surface area contributed by atoms with E-state index in [1.54, 1.807) is 0 Å². The predicted octanol–water partition coefficient (Wildman–Crippen LogP) is 28.6. The number of unbranched alkanes of at least 4 members (excludes halogenated alkanes) is 43. The van der Waals surface area contributed by atoms with Crippen molar-refractivity contribution in [3.05, 3.63) is 134 Å². The molecule has 0 radical (unpaired) electrons. The second-order valence-electron chi connectivity index (χ2n) is 31.1. The van der Waals surface area contributed by atoms with Gasteiger partial charge < -0.3 is 34.2 Å². The molecule has 0 aromatic rings. The van der Waals surface area contributed by atoms with Gasteiger partial charge in [-0.2, -0.15) is 0 Å². The molecule has 0 aromatic heterocycles. The molecule has 664 valence electrons. The van der Waals surface area contributed by atoms with Crippen LogP contribution in [0.1, 0.15) is 406 Å². The van der Waals surface area contributed by atoms with Crippen LogP contribution >= 0.6 is 15.6 Å². The Hall–Kier alpha value is -4.31. The normalized spacial score (nSPS) is 14.4. The number of carbonyl (C=O) groups excluding carboxylic acids is 3. The minimum atomic E-state index is -4.93. The van der Waals surface area contributed by atoms with Gasteiger partial charge in [0.15, 0.2) is 6.10 Å². The van der Waals surface area contributed by atoms with Gasteiger partial charge in [-0.05, 0) is 116 Å². The molecule has 18 heteroatoms. The summed E-state index contributed by atoms with van der Waals surface area (Å²) in [5, 5.41) is 20.7. The number of aliphatic hydroxyl groups is 2. The van der Waals surface area contributed by atoms with Gasteiger partial charge in [-0.15, -0.1) is 0 Å². The first-order valence-corrected chi connectivity index (χ1v) is 49.5. The van der Waals surface area contributed by atoms with Crippen molar-refractivity contribution in [3.63, 3.8) is 0 Å². The third kappa shape index (κ3) is 90.3. The molecule has 0 aliphatic carbocycles. The summed E-state index contributed by atoms with van der Waals surface area (Å²) >= 11 is 0. The highest BCUT2D eigenvalue weighted by molar-refractivity contribution is 7.47. The predicted molar refractivity (Wildman–Crippen MR) is 482 cm³/mol. The monoisotopic (exact) mass is 1650 g/mol. The van der Waals surface area contributed by atoms with Gasteiger partial charge in [0.2, 0.25) is 0 Å². The van der Waals surface area contributed by atoms with Gasteiger partial charge in [-0.25, -0.2) is 9.13 Å². The third-order valence-corrected chi connectivity index (χ3v) is 21.8. The van der Waals surface area contributed by atoms with E-state index in [0.717, 1.165) is 148 Å². The summed E-state index contributed by atoms with van der Waals surface area (Å²) in [6.07, 6.45) is 111. The fourth-order valence-corrected chi connectivity index (χ4v) is 14.5. The topological polar surface area (TPSA) is 231 Å². The number of esters is 3. The first-order chi connectivity index (χ1) is 56.2. The maximum absolute atomic E-state index is 13.0. The van der Waals surface area contributed by atoms with Crippen LogP contribution in [0.25, 0.3) is 0 Å². The van der Waals surface area contributed by atoms with E-state index in [1.807, 2.05) is 0 Å². The average molecular weight is 1650 g/mol. The molecule has 16 nitrogen and oxygen atoms in total. The standard InChI is InChI=1S/C97H170O16P2/c1-4-7-10-13-16-19-22-25-28-30-32-34-36-38-40-42-44-45-47-49-50-52-54-56-58-60-63-65-68-71-74-77-80-83-95(100)107-86-92(98)87-109-114(103,104)110-88-93(99)89-111-115(105,106)112-91-94(113-97(102)85-82-79-76-73-70-67-62-27-24-21-18-15-12-9-6-3)90-108-96(101)84-81-78-75-72-69-66-64-61-59-57-55-53-51-48-46-43-41-39-37-35-33-31-29-26-23-20-17-14-11-8-5-2/h7-8,10-11,16-17,19-20,25-26,28-29,32-35,38-41,46,48,92-94,98-99H,4-6,9,12-15,18,21-24,27,30-31,36-37,42-45,47,49-91H2,1-3H3,(H,103,104)(H,105,106)/b10-7-,11-8-,19-16-,20-17-,28-25-,29-26-,34-32-,35-33-,40-38-,41-39-,48-46-. The molecule has 0 saturated carbocycles. The quantitative estimate of drug-likeness (QED) is 0.0146. The molecule has 0 aromatic carbocycles. The lowest BCUT2D eigenvalue weighted by Crippen LogP contribution is -2.30. The average Bonchev–Trinajstić information content (AvgIpc) is 0.893. The number of hydrogen-bond acceptors (Lipinski definition) is 14. The number of aliphatic hydroxyl groups excluding tert-OH is 2. The van der Waals surface area contributed by atoms with Crippen LogP contribution in [0.4, 0.5) is 0 Å². The largest absolute Gasteiger partial charge is 0.472 e. The number of phosphoric ester groups is 2. The SMILES string of the molecule is CC/C=C\C/C=C\C/C=C\C/C=C\C/C=C\C/C=C\CCCCCCCCCCCCCCC(=O)OCC(COP(=O)(O)OCC(O)COP(=O)(O)OCC(O)COC(=O)CCCCCCCCCCCCCCCCCCC/C=C\C/C=C\C/C=C\C/C=C\C/C=C\CC)OC(=O)CCCCCCCCCCCCCCCCC. The number of phosphoric acid groups is 2. The lowest BCUT2D eigenvalue weighted by Gasteiger charge is -2.21. The van der Waals surface area contributed by atoms with Crippen molar-refractivity contribution < 1.29 is 75.8 Å². The van der Waals surface area contributed by atoms with Crippen molar-refractivity contribution in [2.45, 2.75) is 424 Å². The van der Waals surface area contributed by atoms with E-state index in [2.05, 4.69) is 154 Å². The molecule has 0 fully saturated rings. The molecule has 4 N–H and O–H groups in total. The molecule has 115 heavy (non-hydrogen) atoms. The second-order valence-corrected chi connectivity index (χ2v) is 34.0. The van der Waals surface area contributed by atoms with Crippen LogP contribution in [0, 0.1) is 0 Å². The zero-order valence-electron chi connectivity index (χ0n) is 73.2. The maximum atomic E-state index is 13.0. The van der Waals surface area contributed by atoms with Crippen molar-refractivity contribution in [2.24, 2.45) is 0 Å². The van der Waals surface area contributed by atoms with E-state index < -0.39 is 91.5 Å². The van der Waals surface area contributed by atoms with Crippen LogP contribution in [0.2, 0.25) is 0 Å². The van der Waals surface area contributed by atoms with Gasteiger partial charge in [0.1, 0.15) is 25.4 Å². The van der Waals surface area contributed by atoms with Crippen LogP contribution in [0.3, 0.4) is 0 Å². The van der Waals surface area contributed by atoms with Gasteiger partial charge in [0, 0.05) is 19.3 Å².